The van der Waals surface area contributed by atoms with E-state index in [4.69, 9.17) is 75.8 Å². The van der Waals surface area contributed by atoms with Gasteiger partial charge in [-0.1, -0.05) is 0 Å². The molecule has 0 aromatic heterocycles. The number of ether oxygens (including phenoxy) is 16. The van der Waals surface area contributed by atoms with Gasteiger partial charge in [0.25, 0.3) is 80.9 Å². The molecule has 0 aromatic rings. The molecule has 30 heterocycles. The van der Waals surface area contributed by atoms with Crippen LogP contribution in [0.4, 0.5) is 0 Å². The molecule has 0 saturated carbocycles. The van der Waals surface area contributed by atoms with E-state index in [-0.39, 0.29) is 0 Å². The molecule has 72 heteroatoms. The molecular formula is C64H112O56S16. The molecule has 0 amide bonds. The van der Waals surface area contributed by atoms with Crippen molar-refractivity contribution in [1.29, 1.82) is 0 Å². The summed E-state index contributed by atoms with van der Waals surface area (Å²) in [6, 6.07) is 0. The van der Waals surface area contributed by atoms with E-state index in [0.29, 0.717) is 94.1 Å². The second-order valence-electron chi connectivity index (χ2n) is 31.9. The smallest absolute Gasteiger partial charge is 0.265 e. The maximum absolute atomic E-state index is 12.3. The molecule has 56 nitrogen and oxygen atoms in total. The van der Waals surface area contributed by atoms with Crippen molar-refractivity contribution in [3.8, 4) is 0 Å². The Hall–Kier alpha value is 0.800. The van der Waals surface area contributed by atoms with Gasteiger partial charge in [0.05, 0.1) is 94.9 Å². The first-order valence-electron chi connectivity index (χ1n) is 40.7. The van der Waals surface area contributed by atoms with Crippen LogP contribution in [0.2, 0.25) is 0 Å². The van der Waals surface area contributed by atoms with Crippen molar-refractivity contribution in [2.45, 2.75) is 246 Å². The molecule has 800 valence electrons. The van der Waals surface area contributed by atoms with Crippen LogP contribution in [0, 0.1) is 0 Å². The third-order valence-corrected chi connectivity index (χ3v) is 37.9. The van der Waals surface area contributed by atoms with Crippen molar-refractivity contribution in [2.75, 3.05) is 138 Å². The second-order valence-corrected chi connectivity index (χ2v) is 53.7. The summed E-state index contributed by atoms with van der Waals surface area (Å²) in [5, 5.41) is 195. The van der Waals surface area contributed by atoms with Crippen LogP contribution < -0.4 is 0 Å². The van der Waals surface area contributed by atoms with Crippen LogP contribution in [0.5, 0.6) is 0 Å². The van der Waals surface area contributed by atoms with Crippen molar-refractivity contribution >= 4 is 175 Å². The molecule has 0 spiro atoms. The predicted octanol–water partition coefficient (Wildman–Crippen LogP) is -12.4. The summed E-state index contributed by atoms with van der Waals surface area (Å²) >= 11 is 5.05. The maximum atomic E-state index is 12.3. The van der Waals surface area contributed by atoms with Crippen LogP contribution in [0.1, 0.15) is 0 Å². The molecule has 0 unspecified atom stereocenters. The summed E-state index contributed by atoms with van der Waals surface area (Å²) in [5.41, 5.74) is 0. The van der Waals surface area contributed by atoms with Gasteiger partial charge in [-0.05, 0) is 0 Å². The van der Waals surface area contributed by atoms with Crippen molar-refractivity contribution in [2.24, 2.45) is 0 Å². The summed E-state index contributed by atoms with van der Waals surface area (Å²) in [6.07, 6.45) is -90.0. The van der Waals surface area contributed by atoms with Gasteiger partial charge in [-0.2, -0.15) is 161 Å². The average molecular weight is 2290 g/mol. The van der Waals surface area contributed by atoms with E-state index >= 15 is 0 Å². The number of rotatable bonds is 40. The van der Waals surface area contributed by atoms with Gasteiger partial charge < -0.3 is 157 Å². The third-order valence-electron chi connectivity index (χ3n) is 21.6. The summed E-state index contributed by atoms with van der Waals surface area (Å²) in [7, 11) is -38.0. The summed E-state index contributed by atoms with van der Waals surface area (Å²) < 4.78 is 368. The molecule has 40 atom stereocenters. The lowest BCUT2D eigenvalue weighted by atomic mass is 9.95. The van der Waals surface area contributed by atoms with E-state index in [2.05, 4.69) is 0 Å². The number of hydrogen-bond donors (Lipinski definition) is 24. The molecule has 30 rings (SSSR count). The van der Waals surface area contributed by atoms with Gasteiger partial charge in [0, 0.05) is 92.0 Å². The number of hydrogen-bond acceptors (Lipinski definition) is 56. The van der Waals surface area contributed by atoms with Gasteiger partial charge in [0.1, 0.15) is 146 Å². The Kier molecular flexibility index (Phi) is 46.4. The normalized spacial score (nSPS) is 41.0. The molecular weight excluding hydrogens is 2180 g/mol. The van der Waals surface area contributed by atoms with Crippen LogP contribution in [0.3, 0.4) is 0 Å². The molecule has 0 aliphatic carbocycles. The molecule has 16 bridgehead atoms. The Bertz CT molecular complexity index is 3820. The van der Waals surface area contributed by atoms with Gasteiger partial charge in [-0.15, -0.1) is 0 Å². The Morgan fingerprint density at radius 3 is 0.316 bits per heavy atom. The Labute approximate surface area is 813 Å². The second kappa shape index (κ2) is 52.5. The Balaban J connectivity index is 1.15. The first-order chi connectivity index (χ1) is 63.1. The molecule has 136 heavy (non-hydrogen) atoms. The molecule has 0 radical (unpaired) electrons. The Morgan fingerprint density at radius 1 is 0.147 bits per heavy atom. The van der Waals surface area contributed by atoms with E-state index in [9.17, 15) is 185 Å². The van der Waals surface area contributed by atoms with E-state index in [1.165, 1.54) is 0 Å². The standard InChI is InChI=1S/C64H112O56S16/c65-33-41(73)57-105-25(17-121-1-9-129(81,82)83)49(33)113-58-42(74)34(66)51(27(106-58)19-123-3-11-131(87,88)89)115-60-44(76)36(68)53(29(108-60)21-125-5-13-133(93,94)95)117-62-46(78)38(70)55(31(110-62)23-127-7-15-135(99,100)101)119-64-48(80)40(72)56(32(112-64)24-128-8-16-136(102,103)104)120-63-47(79)39(71)54(30(111-63)22-126-6-14-134(96,97)98)118-61-45(77)37(69)52(28(109-61)20-124-4-12-132(90,91)92)116-59-43(75)35(67)50(114-57)26(107-59)18-122-2-10-130(84,85)86/h25-80H,1-24H2,(H,81,82,83)(H,84,85,86)(H,87,88,89)(H,90,91,92)(H,93,94,95)(H,96,97,98)(H,99,100,101)(H,102,103,104)/t25-,26-,27-,28-,29-,30-,31-,32-,33-,34-,35-,36-,37-,38-,39-,40-,41-,42-,43-,44-,45-,46-,47-,48-,49-,50-,51-,52-,53-,54-,55-,56-,57-,58-,59-,60-,61-,62-,63-,64-/m1/s1. The van der Waals surface area contributed by atoms with E-state index in [1.807, 2.05) is 0 Å². The highest BCUT2D eigenvalue weighted by molar-refractivity contribution is 8.02. The fraction of sp³-hybridized carbons (Fsp3) is 1.00. The van der Waals surface area contributed by atoms with Gasteiger partial charge in [-0.3, -0.25) is 36.4 Å². The van der Waals surface area contributed by atoms with Crippen LogP contribution in [0.15, 0.2) is 0 Å². The van der Waals surface area contributed by atoms with Crippen LogP contribution in [-0.4, -0.2) is 569 Å². The highest BCUT2D eigenvalue weighted by Gasteiger charge is 2.61. The lowest BCUT2D eigenvalue weighted by Gasteiger charge is -2.51. The lowest BCUT2D eigenvalue weighted by Crippen LogP contribution is -2.69. The number of aliphatic hydroxyl groups excluding tert-OH is 16. The monoisotopic (exact) mass is 2290 g/mol. The first-order valence-corrected chi connectivity index (χ1v) is 62.8. The topological polar surface area (TPSA) is 906 Å². The van der Waals surface area contributed by atoms with Gasteiger partial charge in [-0.25, -0.2) is 0 Å². The molecule has 30 aliphatic rings. The highest BCUT2D eigenvalue weighted by atomic mass is 32.3. The summed E-state index contributed by atoms with van der Waals surface area (Å²) in [6.45, 7) is 0. The zero-order valence-electron chi connectivity index (χ0n) is 70.4. The lowest BCUT2D eigenvalue weighted by molar-refractivity contribution is -0.396. The van der Waals surface area contributed by atoms with Crippen LogP contribution in [0.25, 0.3) is 0 Å². The molecule has 30 aliphatic heterocycles. The van der Waals surface area contributed by atoms with Crippen LogP contribution in [-0.2, 0) is 157 Å². The average Bonchev–Trinajstić information content (AvgIpc) is 0.768. The maximum Gasteiger partial charge on any atom is 0.265 e. The zero-order chi connectivity index (χ0) is 101. The van der Waals surface area contributed by atoms with Crippen molar-refractivity contribution in [3.63, 3.8) is 0 Å². The predicted molar refractivity (Wildman–Crippen MR) is 474 cm³/mol. The molecule has 0 aromatic carbocycles. The minimum atomic E-state index is -4.75. The van der Waals surface area contributed by atoms with E-state index in [0.717, 1.165) is 0 Å². The zero-order valence-corrected chi connectivity index (χ0v) is 83.5. The fourth-order valence-corrected chi connectivity index (χ4v) is 30.6. The summed E-state index contributed by atoms with van der Waals surface area (Å²) in [4.78, 5) is 0. The molecule has 24 N–H and O–H groups in total. The van der Waals surface area contributed by atoms with E-state index in [1.54, 1.807) is 0 Å². The largest absolute Gasteiger partial charge is 0.387 e. The van der Waals surface area contributed by atoms with Crippen LogP contribution >= 0.6 is 94.1 Å². The van der Waals surface area contributed by atoms with Gasteiger partial charge in [0.2, 0.25) is 0 Å². The number of thioether (sulfide) groups is 8. The van der Waals surface area contributed by atoms with E-state index < -0.39 is 465 Å². The van der Waals surface area contributed by atoms with Gasteiger partial charge >= 0.3 is 0 Å². The minimum Gasteiger partial charge on any atom is -0.387 e. The molecule has 30 fully saturated rings. The summed E-state index contributed by atoms with van der Waals surface area (Å²) in [5.74, 6) is -16.6. The van der Waals surface area contributed by atoms with Crippen molar-refractivity contribution in [3.05, 3.63) is 0 Å². The van der Waals surface area contributed by atoms with Gasteiger partial charge in [0.15, 0.2) is 50.3 Å². The quantitative estimate of drug-likeness (QED) is 0.0200. The fourth-order valence-electron chi connectivity index (χ4n) is 14.7. The highest BCUT2D eigenvalue weighted by Crippen LogP contribution is 2.43. The minimum absolute atomic E-state index is 0.504. The number of aliphatic hydroxyl groups is 16. The first kappa shape index (κ1) is 120. The van der Waals surface area contributed by atoms with Crippen molar-refractivity contribution < 1.29 is 261 Å². The SMILES string of the molecule is O=S(=O)(O)CCSC[C@H]1O[C@@H]2O[C@H]3[C@H](O)[C@@H](O)[C@@H](O[C@H]4[C@H](O)[C@@H](O)[C@@H](O[C@H]5[C@H](O)[C@@H](O)[C@@H](O[C@H]6[C@H](O)[C@@H](O)[C@@H](O[C@H]7[C@H](O)[C@@H](O)[C@@H](O[C@H]8[C@H](O)[C@@H](O)[C@@H](O[C@H]9[C@H](O)[C@@H](O)[C@@H](O[C@H]1[C@H](O)[C@H]2O)O[C@@H]9CSCCS(=O)(=O)O)O[C@@H]8CSCCS(=O)(=O)O)O[C@@H]7CSCCS(=O)(=O)O)O[C@@H]6CSCCS(=O)(=O)O)O[C@@H]5CSCCS(=O)(=O)O)O[C@@H]4CSCCS(=O)(=O)O)O[C@@H]3CSCCS(=O)(=O)O. The Morgan fingerprint density at radius 2 is 0.235 bits per heavy atom. The molecule has 30 saturated heterocycles. The third kappa shape index (κ3) is 36.6. The van der Waals surface area contributed by atoms with Crippen molar-refractivity contribution in [1.82, 2.24) is 0 Å².